The average molecular weight is 429 g/mol. The monoisotopic (exact) mass is 428 g/mol. The molecular formula is C24H33ClN4O. The maximum absolute atomic E-state index is 6.15. The molecule has 1 saturated heterocycles. The van der Waals surface area contributed by atoms with E-state index in [2.05, 4.69) is 71.2 Å². The van der Waals surface area contributed by atoms with Crippen LogP contribution in [0.2, 0.25) is 5.02 Å². The van der Waals surface area contributed by atoms with Gasteiger partial charge in [-0.2, -0.15) is 0 Å². The van der Waals surface area contributed by atoms with Crippen molar-refractivity contribution in [2.45, 2.75) is 44.3 Å². The first-order chi connectivity index (χ1) is 14.5. The number of hydrogen-bond acceptors (Lipinski definition) is 3. The van der Waals surface area contributed by atoms with Crippen LogP contribution in [0, 0.1) is 0 Å². The van der Waals surface area contributed by atoms with E-state index in [9.17, 15) is 0 Å². The summed E-state index contributed by atoms with van der Waals surface area (Å²) in [6.45, 7) is 6.64. The summed E-state index contributed by atoms with van der Waals surface area (Å²) in [5.74, 6) is 0.780. The summed E-state index contributed by atoms with van der Waals surface area (Å²) in [6.07, 6.45) is 1.91. The zero-order chi connectivity index (χ0) is 21.4. The van der Waals surface area contributed by atoms with Gasteiger partial charge in [0, 0.05) is 43.4 Å². The van der Waals surface area contributed by atoms with Gasteiger partial charge in [0.1, 0.15) is 0 Å². The fourth-order valence-electron chi connectivity index (χ4n) is 3.93. The van der Waals surface area contributed by atoms with E-state index < -0.39 is 0 Å². The lowest BCUT2D eigenvalue weighted by Crippen LogP contribution is -2.58. The Labute approximate surface area is 185 Å². The largest absolute Gasteiger partial charge is 0.381 e. The number of hydrogen-bond donors (Lipinski definition) is 3. The number of benzene rings is 2. The molecule has 2 unspecified atom stereocenters. The molecule has 6 heteroatoms. The van der Waals surface area contributed by atoms with Gasteiger partial charge in [0.25, 0.3) is 0 Å². The molecule has 3 N–H and O–H groups in total. The van der Waals surface area contributed by atoms with Crippen LogP contribution in [0.5, 0.6) is 0 Å². The Balaban J connectivity index is 1.64. The summed E-state index contributed by atoms with van der Waals surface area (Å²) >= 11 is 6.15. The SMILES string of the molecule is CN=C(NCC1(NC(C)c2ccccc2)CCOCC1)NC(C)c1cccc(Cl)c1. The summed E-state index contributed by atoms with van der Waals surface area (Å²) in [4.78, 5) is 4.43. The molecular weight excluding hydrogens is 396 g/mol. The molecule has 0 bridgehead atoms. The van der Waals surface area contributed by atoms with Gasteiger partial charge < -0.3 is 20.7 Å². The highest BCUT2D eigenvalue weighted by Gasteiger charge is 2.34. The van der Waals surface area contributed by atoms with Crippen molar-refractivity contribution in [2.24, 2.45) is 4.99 Å². The topological polar surface area (TPSA) is 57.7 Å². The number of halogens is 1. The standard InChI is InChI=1S/C24H33ClN4O/c1-18(21-10-7-11-22(25)16-21)28-23(26-3)27-17-24(12-14-30-15-13-24)29-19(2)20-8-5-4-6-9-20/h4-11,16,18-19,29H,12-15,17H2,1-3H3,(H2,26,27,28). The molecule has 3 rings (SSSR count). The zero-order valence-corrected chi connectivity index (χ0v) is 18.9. The van der Waals surface area contributed by atoms with Crippen LogP contribution >= 0.6 is 11.6 Å². The van der Waals surface area contributed by atoms with Crippen molar-refractivity contribution in [3.05, 3.63) is 70.7 Å². The van der Waals surface area contributed by atoms with Crippen LogP contribution in [0.3, 0.4) is 0 Å². The smallest absolute Gasteiger partial charge is 0.191 e. The molecule has 1 aliphatic heterocycles. The molecule has 1 heterocycles. The molecule has 162 valence electrons. The highest BCUT2D eigenvalue weighted by molar-refractivity contribution is 6.30. The first-order valence-corrected chi connectivity index (χ1v) is 11.0. The molecule has 0 radical (unpaired) electrons. The number of guanidine groups is 1. The van der Waals surface area contributed by atoms with Crippen LogP contribution in [-0.2, 0) is 4.74 Å². The van der Waals surface area contributed by atoms with E-state index in [1.165, 1.54) is 5.56 Å². The second-order valence-corrected chi connectivity index (χ2v) is 8.45. The maximum Gasteiger partial charge on any atom is 0.191 e. The van der Waals surface area contributed by atoms with Crippen molar-refractivity contribution in [3.63, 3.8) is 0 Å². The van der Waals surface area contributed by atoms with E-state index in [0.29, 0.717) is 0 Å². The third-order valence-corrected chi connectivity index (χ3v) is 6.03. The van der Waals surface area contributed by atoms with Gasteiger partial charge in [-0.05, 0) is 49.9 Å². The molecule has 0 aliphatic carbocycles. The zero-order valence-electron chi connectivity index (χ0n) is 18.1. The molecule has 0 spiro atoms. The Morgan fingerprint density at radius 3 is 2.40 bits per heavy atom. The summed E-state index contributed by atoms with van der Waals surface area (Å²) in [5, 5.41) is 11.6. The highest BCUT2D eigenvalue weighted by Crippen LogP contribution is 2.25. The molecule has 2 aromatic carbocycles. The highest BCUT2D eigenvalue weighted by atomic mass is 35.5. The maximum atomic E-state index is 6.15. The Morgan fingerprint density at radius 1 is 1.03 bits per heavy atom. The second-order valence-electron chi connectivity index (χ2n) is 8.02. The number of nitrogens with zero attached hydrogens (tertiary/aromatic N) is 1. The van der Waals surface area contributed by atoms with Crippen molar-refractivity contribution in [3.8, 4) is 0 Å². The van der Waals surface area contributed by atoms with Gasteiger partial charge in [-0.15, -0.1) is 0 Å². The first-order valence-electron chi connectivity index (χ1n) is 10.6. The van der Waals surface area contributed by atoms with Crippen LogP contribution in [0.1, 0.15) is 49.9 Å². The number of aliphatic imine (C=N–C) groups is 1. The van der Waals surface area contributed by atoms with Gasteiger partial charge >= 0.3 is 0 Å². The summed E-state index contributed by atoms with van der Waals surface area (Å²) in [6, 6.07) is 18.8. The molecule has 1 aliphatic rings. The third kappa shape index (κ3) is 6.21. The van der Waals surface area contributed by atoms with Crippen LogP contribution in [0.25, 0.3) is 0 Å². The van der Waals surface area contributed by atoms with Crippen molar-refractivity contribution >= 4 is 17.6 Å². The van der Waals surface area contributed by atoms with Gasteiger partial charge in [-0.1, -0.05) is 54.1 Å². The van der Waals surface area contributed by atoms with Gasteiger partial charge in [0.15, 0.2) is 5.96 Å². The van der Waals surface area contributed by atoms with E-state index in [0.717, 1.165) is 49.1 Å². The van der Waals surface area contributed by atoms with Gasteiger partial charge in [-0.25, -0.2) is 0 Å². The van der Waals surface area contributed by atoms with E-state index in [4.69, 9.17) is 16.3 Å². The van der Waals surface area contributed by atoms with Crippen LogP contribution in [-0.4, -0.2) is 38.3 Å². The fourth-order valence-corrected chi connectivity index (χ4v) is 4.13. The Bertz CT molecular complexity index is 821. The van der Waals surface area contributed by atoms with E-state index in [1.54, 1.807) is 7.05 Å². The predicted octanol–water partition coefficient (Wildman–Crippen LogP) is 4.47. The summed E-state index contributed by atoms with van der Waals surface area (Å²) in [7, 11) is 1.80. The fraction of sp³-hybridized carbons (Fsp3) is 0.458. The van der Waals surface area contributed by atoms with Crippen molar-refractivity contribution in [1.29, 1.82) is 0 Å². The van der Waals surface area contributed by atoms with Crippen molar-refractivity contribution < 1.29 is 4.74 Å². The minimum absolute atomic E-state index is 0.0512. The van der Waals surface area contributed by atoms with Crippen LogP contribution < -0.4 is 16.0 Å². The first kappa shape index (κ1) is 22.6. The Morgan fingerprint density at radius 2 is 1.73 bits per heavy atom. The number of rotatable bonds is 7. The molecule has 0 saturated carbocycles. The predicted molar refractivity (Wildman–Crippen MR) is 125 cm³/mol. The summed E-state index contributed by atoms with van der Waals surface area (Å²) < 4.78 is 5.65. The Kier molecular flexibility index (Phi) is 8.14. The lowest BCUT2D eigenvalue weighted by atomic mass is 9.88. The molecule has 5 nitrogen and oxygen atoms in total. The Hall–Kier alpha value is -2.08. The lowest BCUT2D eigenvalue weighted by molar-refractivity contribution is 0.0354. The van der Waals surface area contributed by atoms with Gasteiger partial charge in [0.2, 0.25) is 0 Å². The van der Waals surface area contributed by atoms with E-state index in [1.807, 2.05) is 18.2 Å². The van der Waals surface area contributed by atoms with Crippen LogP contribution in [0.15, 0.2) is 59.6 Å². The minimum atomic E-state index is -0.0512. The van der Waals surface area contributed by atoms with E-state index in [-0.39, 0.29) is 17.6 Å². The molecule has 1 fully saturated rings. The van der Waals surface area contributed by atoms with Gasteiger partial charge in [-0.3, -0.25) is 4.99 Å². The second kappa shape index (κ2) is 10.8. The minimum Gasteiger partial charge on any atom is -0.381 e. The van der Waals surface area contributed by atoms with Crippen LogP contribution in [0.4, 0.5) is 0 Å². The third-order valence-electron chi connectivity index (χ3n) is 5.79. The molecule has 2 aromatic rings. The normalized spacial score (nSPS) is 18.5. The summed E-state index contributed by atoms with van der Waals surface area (Å²) in [5.41, 5.74) is 2.37. The van der Waals surface area contributed by atoms with Crippen molar-refractivity contribution in [2.75, 3.05) is 26.8 Å². The van der Waals surface area contributed by atoms with Gasteiger partial charge in [0.05, 0.1) is 6.04 Å². The number of ether oxygens (including phenoxy) is 1. The quantitative estimate of drug-likeness (QED) is 0.450. The molecule has 30 heavy (non-hydrogen) atoms. The average Bonchev–Trinajstić information content (AvgIpc) is 2.77. The van der Waals surface area contributed by atoms with Crippen molar-refractivity contribution in [1.82, 2.24) is 16.0 Å². The molecule has 0 aromatic heterocycles. The number of nitrogens with one attached hydrogen (secondary N) is 3. The lowest BCUT2D eigenvalue weighted by Gasteiger charge is -2.41. The molecule has 0 amide bonds. The molecule has 2 atom stereocenters. The van der Waals surface area contributed by atoms with E-state index >= 15 is 0 Å².